The van der Waals surface area contributed by atoms with E-state index < -0.39 is 0 Å². The number of carbonyl (C=O) groups is 1. The van der Waals surface area contributed by atoms with E-state index in [1.807, 2.05) is 35.2 Å². The first-order valence-electron chi connectivity index (χ1n) is 6.39. The molecule has 18 heavy (non-hydrogen) atoms. The molecule has 2 rings (SSSR count). The van der Waals surface area contributed by atoms with E-state index in [0.29, 0.717) is 0 Å². The fourth-order valence-electron chi connectivity index (χ4n) is 2.19. The lowest BCUT2D eigenvalue weighted by Crippen LogP contribution is -2.41. The summed E-state index contributed by atoms with van der Waals surface area (Å²) >= 11 is 0. The lowest BCUT2D eigenvalue weighted by atomic mass is 9.93. The maximum Gasteiger partial charge on any atom is 0.321 e. The predicted molar refractivity (Wildman–Crippen MR) is 73.7 cm³/mol. The molecule has 4 heteroatoms. The van der Waals surface area contributed by atoms with Gasteiger partial charge in [0.15, 0.2) is 0 Å². The average molecular weight is 247 g/mol. The third-order valence-corrected chi connectivity index (χ3v) is 3.09. The minimum atomic E-state index is -0.0158. The van der Waals surface area contributed by atoms with Gasteiger partial charge in [-0.1, -0.05) is 32.0 Å². The zero-order valence-electron chi connectivity index (χ0n) is 11.1. The van der Waals surface area contributed by atoms with Gasteiger partial charge in [0.2, 0.25) is 0 Å². The van der Waals surface area contributed by atoms with E-state index in [1.165, 1.54) is 0 Å². The van der Waals surface area contributed by atoms with Crippen LogP contribution in [0.4, 0.5) is 10.5 Å². The van der Waals surface area contributed by atoms with Crippen LogP contribution < -0.4 is 10.6 Å². The highest BCUT2D eigenvalue weighted by atomic mass is 16.2. The molecule has 0 bridgehead atoms. The summed E-state index contributed by atoms with van der Waals surface area (Å²) in [4.78, 5) is 14.1. The molecular weight excluding hydrogens is 226 g/mol. The van der Waals surface area contributed by atoms with Crippen LogP contribution in [0.1, 0.15) is 13.8 Å². The summed E-state index contributed by atoms with van der Waals surface area (Å²) in [6.07, 6.45) is 0. The number of nitrogens with zero attached hydrogens (tertiary/aromatic N) is 1. The molecule has 98 valence electrons. The largest absolute Gasteiger partial charge is 0.323 e. The van der Waals surface area contributed by atoms with E-state index in [0.717, 1.165) is 31.9 Å². The molecule has 0 aromatic heterocycles. The van der Waals surface area contributed by atoms with Gasteiger partial charge in [0.05, 0.1) is 0 Å². The molecule has 1 fully saturated rings. The number of nitrogens with one attached hydrogen (secondary N) is 2. The number of para-hydroxylation sites is 1. The van der Waals surface area contributed by atoms with Crippen molar-refractivity contribution in [2.45, 2.75) is 13.8 Å². The second-order valence-corrected chi connectivity index (χ2v) is 5.56. The van der Waals surface area contributed by atoms with Crippen LogP contribution in [0.5, 0.6) is 0 Å². The van der Waals surface area contributed by atoms with E-state index in [2.05, 4.69) is 24.5 Å². The van der Waals surface area contributed by atoms with Crippen LogP contribution in [0.3, 0.4) is 0 Å². The SMILES string of the molecule is CC1(C)CNCCN(C(=O)Nc2ccccc2)C1. The summed E-state index contributed by atoms with van der Waals surface area (Å²) in [6, 6.07) is 9.57. The molecule has 1 aromatic carbocycles. The summed E-state index contributed by atoms with van der Waals surface area (Å²) in [5.74, 6) is 0. The van der Waals surface area contributed by atoms with E-state index in [9.17, 15) is 4.79 Å². The van der Waals surface area contributed by atoms with Crippen molar-refractivity contribution in [2.24, 2.45) is 5.41 Å². The lowest BCUT2D eigenvalue weighted by Gasteiger charge is -2.29. The Kier molecular flexibility index (Phi) is 3.87. The van der Waals surface area contributed by atoms with Crippen molar-refractivity contribution in [3.8, 4) is 0 Å². The van der Waals surface area contributed by atoms with Crippen LogP contribution in [0, 0.1) is 5.41 Å². The van der Waals surface area contributed by atoms with E-state index >= 15 is 0 Å². The maximum atomic E-state index is 12.2. The minimum Gasteiger partial charge on any atom is -0.323 e. The molecule has 1 saturated heterocycles. The second-order valence-electron chi connectivity index (χ2n) is 5.56. The van der Waals surface area contributed by atoms with Crippen molar-refractivity contribution in [1.82, 2.24) is 10.2 Å². The molecule has 1 aliphatic rings. The average Bonchev–Trinajstić information content (AvgIpc) is 2.51. The van der Waals surface area contributed by atoms with Gasteiger partial charge < -0.3 is 15.5 Å². The molecule has 1 aliphatic heterocycles. The fourth-order valence-corrected chi connectivity index (χ4v) is 2.19. The van der Waals surface area contributed by atoms with Crippen molar-refractivity contribution in [2.75, 3.05) is 31.5 Å². The first-order valence-corrected chi connectivity index (χ1v) is 6.39. The van der Waals surface area contributed by atoms with Crippen molar-refractivity contribution in [3.63, 3.8) is 0 Å². The van der Waals surface area contributed by atoms with Crippen LogP contribution in [0.15, 0.2) is 30.3 Å². The van der Waals surface area contributed by atoms with Gasteiger partial charge in [-0.2, -0.15) is 0 Å². The first kappa shape index (κ1) is 12.9. The second kappa shape index (κ2) is 5.40. The molecule has 0 radical (unpaired) electrons. The van der Waals surface area contributed by atoms with Crippen LogP contribution in [-0.4, -0.2) is 37.1 Å². The molecule has 0 unspecified atom stereocenters. The van der Waals surface area contributed by atoms with Gasteiger partial charge in [0.25, 0.3) is 0 Å². The monoisotopic (exact) mass is 247 g/mol. The lowest BCUT2D eigenvalue weighted by molar-refractivity contribution is 0.193. The third kappa shape index (κ3) is 3.47. The number of rotatable bonds is 1. The Bertz CT molecular complexity index is 403. The maximum absolute atomic E-state index is 12.2. The summed E-state index contributed by atoms with van der Waals surface area (Å²) in [5, 5.41) is 6.30. The molecule has 1 heterocycles. The van der Waals surface area contributed by atoms with Gasteiger partial charge >= 0.3 is 6.03 Å². The van der Waals surface area contributed by atoms with Gasteiger partial charge in [0, 0.05) is 31.9 Å². The molecular formula is C14H21N3O. The number of benzene rings is 1. The summed E-state index contributed by atoms with van der Waals surface area (Å²) in [6.45, 7) is 7.68. The Hall–Kier alpha value is -1.55. The van der Waals surface area contributed by atoms with Crippen LogP contribution in [0.25, 0.3) is 0 Å². The number of urea groups is 1. The molecule has 2 N–H and O–H groups in total. The zero-order valence-corrected chi connectivity index (χ0v) is 11.1. The smallest absolute Gasteiger partial charge is 0.321 e. The number of anilines is 1. The Morgan fingerprint density at radius 3 is 2.78 bits per heavy atom. The molecule has 0 saturated carbocycles. The van der Waals surface area contributed by atoms with Crippen molar-refractivity contribution in [1.29, 1.82) is 0 Å². The van der Waals surface area contributed by atoms with Gasteiger partial charge in [-0.05, 0) is 17.5 Å². The fraction of sp³-hybridized carbons (Fsp3) is 0.500. The molecule has 0 aliphatic carbocycles. The Labute approximate surface area is 108 Å². The predicted octanol–water partition coefficient (Wildman–Crippen LogP) is 2.15. The van der Waals surface area contributed by atoms with E-state index in [4.69, 9.17) is 0 Å². The first-order chi connectivity index (χ1) is 8.57. The highest BCUT2D eigenvalue weighted by Gasteiger charge is 2.27. The number of hydrogen-bond acceptors (Lipinski definition) is 2. The molecule has 0 spiro atoms. The normalized spacial score (nSPS) is 19.1. The third-order valence-electron chi connectivity index (χ3n) is 3.09. The van der Waals surface area contributed by atoms with Gasteiger partial charge in [-0.3, -0.25) is 0 Å². The molecule has 1 aromatic rings. The minimum absolute atomic E-state index is 0.0158. The quantitative estimate of drug-likeness (QED) is 0.798. The van der Waals surface area contributed by atoms with Crippen LogP contribution in [-0.2, 0) is 0 Å². The highest BCUT2D eigenvalue weighted by molar-refractivity contribution is 5.89. The van der Waals surface area contributed by atoms with E-state index in [-0.39, 0.29) is 11.4 Å². The summed E-state index contributed by atoms with van der Waals surface area (Å²) < 4.78 is 0. The summed E-state index contributed by atoms with van der Waals surface area (Å²) in [5.41, 5.74) is 0.961. The number of amides is 2. The molecule has 0 atom stereocenters. The Morgan fingerprint density at radius 2 is 2.06 bits per heavy atom. The van der Waals surface area contributed by atoms with Gasteiger partial charge in [-0.15, -0.1) is 0 Å². The van der Waals surface area contributed by atoms with E-state index in [1.54, 1.807) is 0 Å². The Balaban J connectivity index is 2.00. The standard InChI is InChI=1S/C14H21N3O/c1-14(2)10-15-8-9-17(11-14)13(18)16-12-6-4-3-5-7-12/h3-7,15H,8-11H2,1-2H3,(H,16,18). The van der Waals surface area contributed by atoms with Crippen molar-refractivity contribution < 1.29 is 4.79 Å². The summed E-state index contributed by atoms with van der Waals surface area (Å²) in [7, 11) is 0. The van der Waals surface area contributed by atoms with Gasteiger partial charge in [0.1, 0.15) is 0 Å². The number of hydrogen-bond donors (Lipinski definition) is 2. The highest BCUT2D eigenvalue weighted by Crippen LogP contribution is 2.18. The molecule has 2 amide bonds. The Morgan fingerprint density at radius 1 is 1.33 bits per heavy atom. The van der Waals surface area contributed by atoms with Gasteiger partial charge in [-0.25, -0.2) is 4.79 Å². The number of carbonyl (C=O) groups excluding carboxylic acids is 1. The van der Waals surface area contributed by atoms with Crippen LogP contribution >= 0.6 is 0 Å². The van der Waals surface area contributed by atoms with Crippen molar-refractivity contribution in [3.05, 3.63) is 30.3 Å². The zero-order chi connectivity index (χ0) is 13.0. The van der Waals surface area contributed by atoms with Crippen LogP contribution in [0.2, 0.25) is 0 Å². The topological polar surface area (TPSA) is 44.4 Å². The molecule has 4 nitrogen and oxygen atoms in total. The van der Waals surface area contributed by atoms with Crippen molar-refractivity contribution >= 4 is 11.7 Å².